The van der Waals surface area contributed by atoms with Crippen molar-refractivity contribution in [2.24, 2.45) is 0 Å². The zero-order valence-corrected chi connectivity index (χ0v) is 10.0. The van der Waals surface area contributed by atoms with E-state index in [0.29, 0.717) is 4.88 Å². The maximum Gasteiger partial charge on any atom is 0.349 e. The molecule has 0 atom stereocenters. The van der Waals surface area contributed by atoms with Crippen LogP contribution in [0.5, 0.6) is 0 Å². The molecular weight excluding hydrogens is 220 g/mol. The second kappa shape index (κ2) is 4.45. The molecule has 82 valence electrons. The second-order valence-corrected chi connectivity index (χ2v) is 4.63. The summed E-state index contributed by atoms with van der Waals surface area (Å²) in [6.45, 7) is 3.97. The Labute approximate surface area is 98.2 Å². The molecule has 2 heterocycles. The van der Waals surface area contributed by atoms with Crippen molar-refractivity contribution in [3.63, 3.8) is 0 Å². The van der Waals surface area contributed by atoms with Gasteiger partial charge in [-0.2, -0.15) is 0 Å². The molecule has 0 aliphatic rings. The number of H-pyrrole nitrogens is 1. The zero-order valence-electron chi connectivity index (χ0n) is 9.20. The number of hydrogen-bond donors (Lipinski definition) is 1. The average molecular weight is 233 g/mol. The summed E-state index contributed by atoms with van der Waals surface area (Å²) in [6.07, 6.45) is 0. The van der Waals surface area contributed by atoms with Crippen molar-refractivity contribution in [3.8, 4) is 0 Å². The molecule has 0 aliphatic heterocycles. The Morgan fingerprint density at radius 1 is 1.38 bits per heavy atom. The highest BCUT2D eigenvalue weighted by molar-refractivity contribution is 7.12. The molecule has 0 unspecified atom stereocenters. The molecule has 0 spiro atoms. The van der Waals surface area contributed by atoms with E-state index in [4.69, 9.17) is 0 Å². The zero-order chi connectivity index (χ0) is 11.5. The first-order valence-corrected chi connectivity index (χ1v) is 5.88. The van der Waals surface area contributed by atoms with E-state index in [2.05, 4.69) is 10.3 Å². The van der Waals surface area contributed by atoms with Gasteiger partial charge in [-0.3, -0.25) is 0 Å². The van der Waals surface area contributed by atoms with Gasteiger partial charge in [0.15, 0.2) is 0 Å². The molecule has 0 saturated carbocycles. The van der Waals surface area contributed by atoms with Gasteiger partial charge in [-0.25, -0.2) is 15.1 Å². The van der Waals surface area contributed by atoms with E-state index in [-0.39, 0.29) is 5.91 Å². The summed E-state index contributed by atoms with van der Waals surface area (Å²) in [4.78, 5) is 15.6. The summed E-state index contributed by atoms with van der Waals surface area (Å²) < 4.78 is 0. The summed E-state index contributed by atoms with van der Waals surface area (Å²) in [5.74, 6) is 0.659. The van der Waals surface area contributed by atoms with Crippen molar-refractivity contribution in [2.75, 3.05) is 5.32 Å². The minimum absolute atomic E-state index is 0.0729. The summed E-state index contributed by atoms with van der Waals surface area (Å²) in [7, 11) is 0. The van der Waals surface area contributed by atoms with Gasteiger partial charge >= 0.3 is 5.91 Å². The molecule has 2 rings (SSSR count). The first-order valence-electron chi connectivity index (χ1n) is 5.00. The Kier molecular flexibility index (Phi) is 3.01. The number of thiophene rings is 1. The SMILES string of the molecule is Cc1cc(C)[nH+]c(NC(=O)c2cccs2)c1. The van der Waals surface area contributed by atoms with Crippen LogP contribution < -0.4 is 10.3 Å². The van der Waals surface area contributed by atoms with Crippen LogP contribution in [-0.2, 0) is 0 Å². The van der Waals surface area contributed by atoms with Gasteiger partial charge in [-0.15, -0.1) is 11.3 Å². The Hall–Kier alpha value is -1.68. The quantitative estimate of drug-likeness (QED) is 0.850. The van der Waals surface area contributed by atoms with Crippen LogP contribution >= 0.6 is 11.3 Å². The summed E-state index contributed by atoms with van der Waals surface area (Å²) >= 11 is 1.43. The molecule has 3 nitrogen and oxygen atoms in total. The Balaban J connectivity index is 2.18. The highest BCUT2D eigenvalue weighted by Gasteiger charge is 2.13. The topological polar surface area (TPSA) is 43.2 Å². The van der Waals surface area contributed by atoms with Crippen LogP contribution in [0.15, 0.2) is 29.6 Å². The molecule has 2 aromatic heterocycles. The molecule has 2 aromatic rings. The summed E-state index contributed by atoms with van der Waals surface area (Å²) in [5.41, 5.74) is 2.15. The van der Waals surface area contributed by atoms with Crippen molar-refractivity contribution < 1.29 is 9.78 Å². The number of aryl methyl sites for hydroxylation is 2. The van der Waals surface area contributed by atoms with E-state index in [1.165, 1.54) is 11.3 Å². The van der Waals surface area contributed by atoms with Crippen LogP contribution in [0.2, 0.25) is 0 Å². The number of carbonyl (C=O) groups is 1. The largest absolute Gasteiger partial charge is 0.349 e. The van der Waals surface area contributed by atoms with Crippen molar-refractivity contribution >= 4 is 23.1 Å². The third-order valence-corrected chi connectivity index (χ3v) is 3.01. The van der Waals surface area contributed by atoms with Gasteiger partial charge in [0.25, 0.3) is 5.82 Å². The number of hydrogen-bond acceptors (Lipinski definition) is 2. The number of aromatic amines is 1. The predicted octanol–water partition coefficient (Wildman–Crippen LogP) is 2.43. The highest BCUT2D eigenvalue weighted by Crippen LogP contribution is 2.11. The lowest BCUT2D eigenvalue weighted by Gasteiger charge is -1.98. The van der Waals surface area contributed by atoms with Gasteiger partial charge in [-0.1, -0.05) is 6.07 Å². The van der Waals surface area contributed by atoms with Gasteiger partial charge in [-0.05, 0) is 36.9 Å². The van der Waals surface area contributed by atoms with E-state index in [1.807, 2.05) is 43.5 Å². The van der Waals surface area contributed by atoms with Crippen molar-refractivity contribution in [2.45, 2.75) is 13.8 Å². The van der Waals surface area contributed by atoms with Gasteiger partial charge in [0.1, 0.15) is 4.88 Å². The van der Waals surface area contributed by atoms with Crippen LogP contribution in [0.25, 0.3) is 0 Å². The lowest BCUT2D eigenvalue weighted by Crippen LogP contribution is -2.20. The molecule has 0 radical (unpaired) electrons. The van der Waals surface area contributed by atoms with Crippen LogP contribution in [0.4, 0.5) is 5.82 Å². The van der Waals surface area contributed by atoms with Gasteiger partial charge in [0, 0.05) is 6.07 Å². The van der Waals surface area contributed by atoms with E-state index in [0.717, 1.165) is 17.1 Å². The fourth-order valence-corrected chi connectivity index (χ4v) is 2.17. The molecule has 0 fully saturated rings. The molecule has 1 amide bonds. The monoisotopic (exact) mass is 233 g/mol. The summed E-state index contributed by atoms with van der Waals surface area (Å²) in [5, 5.41) is 4.73. The summed E-state index contributed by atoms with van der Waals surface area (Å²) in [6, 6.07) is 7.62. The molecule has 0 saturated heterocycles. The first kappa shape index (κ1) is 10.8. The predicted molar refractivity (Wildman–Crippen MR) is 64.7 cm³/mol. The van der Waals surface area contributed by atoms with Crippen molar-refractivity contribution in [1.29, 1.82) is 0 Å². The number of rotatable bonds is 2. The Morgan fingerprint density at radius 2 is 2.19 bits per heavy atom. The smallest absolute Gasteiger partial charge is 0.245 e. The number of carbonyl (C=O) groups excluding carboxylic acids is 1. The number of amides is 1. The molecule has 0 aliphatic carbocycles. The molecule has 4 heteroatoms. The molecule has 16 heavy (non-hydrogen) atoms. The number of nitrogens with one attached hydrogen (secondary N) is 2. The lowest BCUT2D eigenvalue weighted by atomic mass is 10.2. The Bertz CT molecular complexity index is 485. The van der Waals surface area contributed by atoms with Crippen molar-refractivity contribution in [1.82, 2.24) is 0 Å². The van der Waals surface area contributed by atoms with Crippen LogP contribution in [-0.4, -0.2) is 5.91 Å². The first-order chi connectivity index (χ1) is 7.65. The fraction of sp³-hybridized carbons (Fsp3) is 0.167. The third kappa shape index (κ3) is 2.46. The van der Waals surface area contributed by atoms with E-state index < -0.39 is 0 Å². The number of pyridine rings is 1. The van der Waals surface area contributed by atoms with Crippen LogP contribution in [0, 0.1) is 13.8 Å². The number of aromatic nitrogens is 1. The molecule has 2 N–H and O–H groups in total. The minimum atomic E-state index is -0.0729. The van der Waals surface area contributed by atoms with Crippen molar-refractivity contribution in [3.05, 3.63) is 45.8 Å². The molecule has 0 bridgehead atoms. The van der Waals surface area contributed by atoms with Crippen LogP contribution in [0.1, 0.15) is 20.9 Å². The number of anilines is 1. The molecular formula is C12H13N2OS+. The maximum absolute atomic E-state index is 11.8. The normalized spacial score (nSPS) is 10.1. The molecule has 0 aromatic carbocycles. The third-order valence-electron chi connectivity index (χ3n) is 2.14. The van der Waals surface area contributed by atoms with Gasteiger partial charge < -0.3 is 0 Å². The lowest BCUT2D eigenvalue weighted by molar-refractivity contribution is -0.370. The van der Waals surface area contributed by atoms with Gasteiger partial charge in [0.2, 0.25) is 0 Å². The minimum Gasteiger partial charge on any atom is -0.245 e. The van der Waals surface area contributed by atoms with Crippen LogP contribution in [0.3, 0.4) is 0 Å². The van der Waals surface area contributed by atoms with E-state index in [9.17, 15) is 4.79 Å². The maximum atomic E-state index is 11.8. The second-order valence-electron chi connectivity index (χ2n) is 3.69. The highest BCUT2D eigenvalue weighted by atomic mass is 32.1. The van der Waals surface area contributed by atoms with Gasteiger partial charge in [0.05, 0.1) is 5.69 Å². The standard InChI is InChI=1S/C12H12N2OS/c1-8-6-9(2)13-11(7-8)14-12(15)10-4-3-5-16-10/h3-7H,1-2H3,(H,13,14,15)/p+1. The average Bonchev–Trinajstić information content (AvgIpc) is 2.68. The fourth-order valence-electron chi connectivity index (χ4n) is 1.55. The van der Waals surface area contributed by atoms with E-state index >= 15 is 0 Å². The van der Waals surface area contributed by atoms with E-state index in [1.54, 1.807) is 0 Å². The Morgan fingerprint density at radius 3 is 2.81 bits per heavy atom.